The van der Waals surface area contributed by atoms with Crippen LogP contribution in [0, 0.1) is 5.92 Å². The SMILES string of the molecule is COC(=O)c1ccc(CNC(=O)[C@H]2[C@@H]3CC[C@H](C3)N2CCOc2ccccc2)cc1. The zero-order chi connectivity index (χ0) is 20.9. The molecule has 1 aliphatic carbocycles. The van der Waals surface area contributed by atoms with Crippen LogP contribution in [0.4, 0.5) is 0 Å². The highest BCUT2D eigenvalue weighted by atomic mass is 16.5. The Morgan fingerprint density at radius 3 is 2.57 bits per heavy atom. The Balaban J connectivity index is 1.32. The lowest BCUT2D eigenvalue weighted by molar-refractivity contribution is -0.128. The fourth-order valence-electron chi connectivity index (χ4n) is 4.72. The second-order valence-corrected chi connectivity index (χ2v) is 7.98. The number of nitrogens with zero attached hydrogens (tertiary/aromatic N) is 1. The summed E-state index contributed by atoms with van der Waals surface area (Å²) in [5.41, 5.74) is 1.46. The zero-order valence-electron chi connectivity index (χ0n) is 17.3. The van der Waals surface area contributed by atoms with Gasteiger partial charge in [0, 0.05) is 19.1 Å². The van der Waals surface area contributed by atoms with Crippen LogP contribution in [-0.4, -0.2) is 49.1 Å². The molecule has 0 aromatic heterocycles. The van der Waals surface area contributed by atoms with Crippen molar-refractivity contribution < 1.29 is 19.1 Å². The van der Waals surface area contributed by atoms with Crippen LogP contribution < -0.4 is 10.1 Å². The van der Waals surface area contributed by atoms with Gasteiger partial charge in [-0.3, -0.25) is 9.69 Å². The van der Waals surface area contributed by atoms with Crippen molar-refractivity contribution in [3.05, 3.63) is 65.7 Å². The number of amides is 1. The molecule has 30 heavy (non-hydrogen) atoms. The quantitative estimate of drug-likeness (QED) is 0.680. The van der Waals surface area contributed by atoms with Gasteiger partial charge in [-0.2, -0.15) is 0 Å². The van der Waals surface area contributed by atoms with Crippen molar-refractivity contribution in [3.8, 4) is 5.75 Å². The smallest absolute Gasteiger partial charge is 0.337 e. The Hall–Kier alpha value is -2.86. The maximum atomic E-state index is 13.0. The first-order chi connectivity index (χ1) is 14.7. The van der Waals surface area contributed by atoms with Gasteiger partial charge >= 0.3 is 5.97 Å². The van der Waals surface area contributed by atoms with Crippen LogP contribution in [0.2, 0.25) is 0 Å². The van der Waals surface area contributed by atoms with Crippen LogP contribution in [0.1, 0.15) is 35.2 Å². The van der Waals surface area contributed by atoms with E-state index in [9.17, 15) is 9.59 Å². The molecule has 0 unspecified atom stereocenters. The maximum Gasteiger partial charge on any atom is 0.337 e. The number of piperidine rings is 1. The molecule has 1 heterocycles. The fourth-order valence-corrected chi connectivity index (χ4v) is 4.72. The third-order valence-corrected chi connectivity index (χ3v) is 6.19. The number of carbonyl (C=O) groups excluding carboxylic acids is 2. The van der Waals surface area contributed by atoms with Crippen molar-refractivity contribution in [2.75, 3.05) is 20.3 Å². The number of ether oxygens (including phenoxy) is 2. The van der Waals surface area contributed by atoms with E-state index in [1.807, 2.05) is 42.5 Å². The highest BCUT2D eigenvalue weighted by molar-refractivity contribution is 5.89. The van der Waals surface area contributed by atoms with E-state index in [0.717, 1.165) is 37.1 Å². The van der Waals surface area contributed by atoms with Gasteiger partial charge in [0.05, 0.1) is 18.7 Å². The van der Waals surface area contributed by atoms with Crippen molar-refractivity contribution in [1.29, 1.82) is 0 Å². The number of carbonyl (C=O) groups is 2. The Morgan fingerprint density at radius 1 is 1.07 bits per heavy atom. The average molecular weight is 408 g/mol. The molecule has 1 aliphatic heterocycles. The molecule has 6 nitrogen and oxygen atoms in total. The number of para-hydroxylation sites is 1. The highest BCUT2D eigenvalue weighted by Crippen LogP contribution is 2.42. The number of rotatable bonds is 8. The Morgan fingerprint density at radius 2 is 1.83 bits per heavy atom. The van der Waals surface area contributed by atoms with E-state index in [0.29, 0.717) is 30.7 Å². The number of likely N-dealkylation sites (tertiary alicyclic amines) is 1. The van der Waals surface area contributed by atoms with Crippen LogP contribution in [-0.2, 0) is 16.1 Å². The molecule has 1 saturated heterocycles. The number of esters is 1. The van der Waals surface area contributed by atoms with Gasteiger partial charge in [-0.25, -0.2) is 4.79 Å². The number of hydrogen-bond donors (Lipinski definition) is 1. The number of fused-ring (bicyclic) bond motifs is 2. The average Bonchev–Trinajstić information content (AvgIpc) is 3.40. The first-order valence-corrected chi connectivity index (χ1v) is 10.5. The van der Waals surface area contributed by atoms with Gasteiger partial charge in [0.2, 0.25) is 5.91 Å². The van der Waals surface area contributed by atoms with Gasteiger partial charge in [0.15, 0.2) is 0 Å². The van der Waals surface area contributed by atoms with Crippen LogP contribution in [0.3, 0.4) is 0 Å². The van der Waals surface area contributed by atoms with Gasteiger partial charge in [-0.1, -0.05) is 30.3 Å². The molecule has 158 valence electrons. The summed E-state index contributed by atoms with van der Waals surface area (Å²) in [7, 11) is 1.36. The normalized spacial score (nSPS) is 22.6. The third kappa shape index (κ3) is 4.49. The molecular formula is C24H28N2O4. The van der Waals surface area contributed by atoms with Crippen molar-refractivity contribution >= 4 is 11.9 Å². The molecule has 3 atom stereocenters. The van der Waals surface area contributed by atoms with E-state index >= 15 is 0 Å². The lowest BCUT2D eigenvalue weighted by Crippen LogP contribution is -2.51. The lowest BCUT2D eigenvalue weighted by atomic mass is 9.97. The minimum atomic E-state index is -0.360. The van der Waals surface area contributed by atoms with Gasteiger partial charge in [0.25, 0.3) is 0 Å². The predicted octanol–water partition coefficient (Wildman–Crippen LogP) is 3.02. The third-order valence-electron chi connectivity index (χ3n) is 6.19. The number of benzene rings is 2. The zero-order valence-corrected chi connectivity index (χ0v) is 17.3. The first-order valence-electron chi connectivity index (χ1n) is 10.5. The molecular weight excluding hydrogens is 380 g/mol. The first kappa shape index (κ1) is 20.4. The minimum Gasteiger partial charge on any atom is -0.492 e. The monoisotopic (exact) mass is 408 g/mol. The van der Waals surface area contributed by atoms with Gasteiger partial charge in [-0.15, -0.1) is 0 Å². The predicted molar refractivity (Wildman–Crippen MR) is 113 cm³/mol. The molecule has 2 fully saturated rings. The fraction of sp³-hybridized carbons (Fsp3) is 0.417. The summed E-state index contributed by atoms with van der Waals surface area (Å²) in [5.74, 6) is 1.01. The molecule has 0 spiro atoms. The molecule has 2 bridgehead atoms. The van der Waals surface area contributed by atoms with Crippen LogP contribution in [0.5, 0.6) is 5.75 Å². The second-order valence-electron chi connectivity index (χ2n) is 7.98. The molecule has 2 aliphatic rings. The Kier molecular flexibility index (Phi) is 6.33. The van der Waals surface area contributed by atoms with Crippen LogP contribution in [0.15, 0.2) is 54.6 Å². The summed E-state index contributed by atoms with van der Waals surface area (Å²) < 4.78 is 10.6. The molecule has 1 amide bonds. The van der Waals surface area contributed by atoms with Crippen molar-refractivity contribution in [3.63, 3.8) is 0 Å². The molecule has 6 heteroatoms. The molecule has 0 radical (unpaired) electrons. The maximum absolute atomic E-state index is 13.0. The Bertz CT molecular complexity index is 869. The van der Waals surface area contributed by atoms with Gasteiger partial charge in [0.1, 0.15) is 12.4 Å². The van der Waals surface area contributed by atoms with Crippen molar-refractivity contribution in [2.45, 2.75) is 37.9 Å². The molecule has 2 aromatic carbocycles. The highest BCUT2D eigenvalue weighted by Gasteiger charge is 2.48. The van der Waals surface area contributed by atoms with Gasteiger partial charge in [-0.05, 0) is 55.0 Å². The summed E-state index contributed by atoms with van der Waals surface area (Å²) in [4.78, 5) is 26.9. The lowest BCUT2D eigenvalue weighted by Gasteiger charge is -2.34. The number of nitrogens with one attached hydrogen (secondary N) is 1. The van der Waals surface area contributed by atoms with E-state index in [4.69, 9.17) is 9.47 Å². The summed E-state index contributed by atoms with van der Waals surface area (Å²) in [5, 5.41) is 3.09. The number of methoxy groups -OCH3 is 1. The van der Waals surface area contributed by atoms with Crippen LogP contribution in [0.25, 0.3) is 0 Å². The van der Waals surface area contributed by atoms with Crippen molar-refractivity contribution in [2.24, 2.45) is 5.92 Å². The van der Waals surface area contributed by atoms with E-state index in [1.165, 1.54) is 7.11 Å². The molecule has 1 N–H and O–H groups in total. The topological polar surface area (TPSA) is 67.9 Å². The minimum absolute atomic E-state index is 0.0824. The summed E-state index contributed by atoms with van der Waals surface area (Å²) in [6, 6.07) is 17.3. The summed E-state index contributed by atoms with van der Waals surface area (Å²) >= 11 is 0. The summed E-state index contributed by atoms with van der Waals surface area (Å²) in [6.45, 7) is 1.77. The molecule has 2 aromatic rings. The standard InChI is InChI=1S/C24H28N2O4/c1-29-24(28)18-9-7-17(8-10-18)16-25-23(27)22-19-11-12-20(15-19)26(22)13-14-30-21-5-3-2-4-6-21/h2-10,19-20,22H,11-16H2,1H3,(H,25,27)/t19-,20-,22-/m1/s1. The van der Waals surface area contributed by atoms with E-state index in [2.05, 4.69) is 10.2 Å². The molecule has 1 saturated carbocycles. The Labute approximate surface area is 177 Å². The van der Waals surface area contributed by atoms with E-state index in [-0.39, 0.29) is 17.9 Å². The van der Waals surface area contributed by atoms with E-state index < -0.39 is 0 Å². The largest absolute Gasteiger partial charge is 0.492 e. The van der Waals surface area contributed by atoms with E-state index in [1.54, 1.807) is 12.1 Å². The van der Waals surface area contributed by atoms with Gasteiger partial charge < -0.3 is 14.8 Å². The second kappa shape index (κ2) is 9.30. The number of hydrogen-bond acceptors (Lipinski definition) is 5. The molecule has 4 rings (SSSR count). The summed E-state index contributed by atoms with van der Waals surface area (Å²) in [6.07, 6.45) is 3.37. The van der Waals surface area contributed by atoms with Crippen LogP contribution >= 0.6 is 0 Å². The van der Waals surface area contributed by atoms with Crippen molar-refractivity contribution in [1.82, 2.24) is 10.2 Å².